The summed E-state index contributed by atoms with van der Waals surface area (Å²) in [4.78, 5) is 20.0. The molecule has 2 atom stereocenters. The lowest BCUT2D eigenvalue weighted by molar-refractivity contribution is -0.156. The molecule has 0 bridgehead atoms. The molecular formula is C20H17F7N2O3. The van der Waals surface area contributed by atoms with Crippen molar-refractivity contribution in [1.82, 2.24) is 0 Å². The van der Waals surface area contributed by atoms with Crippen LogP contribution in [0.4, 0.5) is 30.7 Å². The molecule has 2 unspecified atom stereocenters. The van der Waals surface area contributed by atoms with E-state index in [1.807, 2.05) is 0 Å². The predicted molar refractivity (Wildman–Crippen MR) is 98.2 cm³/mol. The van der Waals surface area contributed by atoms with Gasteiger partial charge in [-0.1, -0.05) is 6.07 Å². The van der Waals surface area contributed by atoms with Crippen molar-refractivity contribution in [1.29, 1.82) is 0 Å². The Morgan fingerprint density at radius 2 is 1.88 bits per heavy atom. The molecule has 1 aliphatic heterocycles. The SMILES string of the molecule is [C-]#[N+]C1C(C)=NC(COC)=C(C(=O)OCCC(F)(F)F)C1c1ccc(F)cc1C(F)(F)F. The molecule has 1 aromatic rings. The van der Waals surface area contributed by atoms with Crippen LogP contribution in [-0.4, -0.2) is 44.2 Å². The van der Waals surface area contributed by atoms with Crippen LogP contribution < -0.4 is 0 Å². The molecular weight excluding hydrogens is 449 g/mol. The molecule has 0 saturated heterocycles. The molecule has 32 heavy (non-hydrogen) atoms. The number of rotatable bonds is 6. The van der Waals surface area contributed by atoms with Gasteiger partial charge in [0.15, 0.2) is 0 Å². The lowest BCUT2D eigenvalue weighted by atomic mass is 9.78. The van der Waals surface area contributed by atoms with Gasteiger partial charge in [0.25, 0.3) is 6.04 Å². The van der Waals surface area contributed by atoms with Crippen LogP contribution in [0.5, 0.6) is 0 Å². The number of hydrogen-bond donors (Lipinski definition) is 0. The fourth-order valence-electron chi connectivity index (χ4n) is 3.29. The van der Waals surface area contributed by atoms with E-state index in [1.165, 1.54) is 14.0 Å². The number of esters is 1. The van der Waals surface area contributed by atoms with Crippen LogP contribution in [0.15, 0.2) is 34.5 Å². The maximum absolute atomic E-state index is 13.7. The largest absolute Gasteiger partial charge is 0.462 e. The Bertz CT molecular complexity index is 975. The zero-order chi connectivity index (χ0) is 24.3. The molecule has 174 valence electrons. The van der Waals surface area contributed by atoms with Crippen LogP contribution in [0.2, 0.25) is 0 Å². The predicted octanol–water partition coefficient (Wildman–Crippen LogP) is 5.09. The summed E-state index contributed by atoms with van der Waals surface area (Å²) in [5.41, 5.74) is -2.71. The highest BCUT2D eigenvalue weighted by molar-refractivity contribution is 6.00. The van der Waals surface area contributed by atoms with E-state index in [-0.39, 0.29) is 24.1 Å². The minimum absolute atomic E-state index is 0.0568. The Balaban J connectivity index is 2.67. The molecule has 1 heterocycles. The third-order valence-electron chi connectivity index (χ3n) is 4.59. The number of hydrogen-bond acceptors (Lipinski definition) is 4. The highest BCUT2D eigenvalue weighted by Gasteiger charge is 2.47. The summed E-state index contributed by atoms with van der Waals surface area (Å²) in [5, 5.41) is 0. The van der Waals surface area contributed by atoms with E-state index in [2.05, 4.69) is 14.6 Å². The van der Waals surface area contributed by atoms with E-state index >= 15 is 0 Å². The van der Waals surface area contributed by atoms with Gasteiger partial charge in [-0.25, -0.2) is 15.8 Å². The molecule has 1 aliphatic rings. The van der Waals surface area contributed by atoms with Gasteiger partial charge in [0.05, 0.1) is 41.5 Å². The lowest BCUT2D eigenvalue weighted by Crippen LogP contribution is -2.35. The van der Waals surface area contributed by atoms with Crippen molar-refractivity contribution in [3.63, 3.8) is 0 Å². The normalized spacial score (nSPS) is 19.4. The van der Waals surface area contributed by atoms with E-state index in [0.717, 1.165) is 12.1 Å². The summed E-state index contributed by atoms with van der Waals surface area (Å²) in [6, 6.07) is 0.329. The third-order valence-corrected chi connectivity index (χ3v) is 4.59. The van der Waals surface area contributed by atoms with Crippen molar-refractivity contribution in [3.05, 3.63) is 57.8 Å². The van der Waals surface area contributed by atoms with Crippen molar-refractivity contribution in [2.24, 2.45) is 4.99 Å². The van der Waals surface area contributed by atoms with Crippen LogP contribution >= 0.6 is 0 Å². The molecule has 0 aliphatic carbocycles. The molecule has 12 heteroatoms. The van der Waals surface area contributed by atoms with E-state index in [1.54, 1.807) is 0 Å². The van der Waals surface area contributed by atoms with Crippen LogP contribution in [0.3, 0.4) is 0 Å². The van der Waals surface area contributed by atoms with Gasteiger partial charge in [-0.3, -0.25) is 4.99 Å². The molecule has 0 aromatic heterocycles. The van der Waals surface area contributed by atoms with Gasteiger partial charge in [0, 0.05) is 7.11 Å². The van der Waals surface area contributed by atoms with Gasteiger partial charge in [-0.2, -0.15) is 26.3 Å². The number of alkyl halides is 6. The molecule has 0 amide bonds. The van der Waals surface area contributed by atoms with Crippen molar-refractivity contribution >= 4 is 11.7 Å². The van der Waals surface area contributed by atoms with Crippen molar-refractivity contribution < 1.29 is 45.0 Å². The number of methoxy groups -OCH3 is 1. The average Bonchev–Trinajstić information content (AvgIpc) is 2.66. The van der Waals surface area contributed by atoms with Crippen molar-refractivity contribution in [2.45, 2.75) is 37.7 Å². The standard InChI is InChI=1S/C20H17F7N2O3/c1-10-17(28-2)15(12-5-4-11(21)8-13(12)20(25,26)27)16(14(29-10)9-31-3)18(30)32-7-6-19(22,23)24/h4-5,8,15,17H,6-7,9H2,1,3H3. The van der Waals surface area contributed by atoms with Crippen LogP contribution in [0.25, 0.3) is 4.85 Å². The number of aliphatic imine (C=N–C) groups is 1. The molecule has 0 spiro atoms. The quantitative estimate of drug-likeness (QED) is 0.334. The highest BCUT2D eigenvalue weighted by Crippen LogP contribution is 2.43. The number of benzene rings is 1. The van der Waals surface area contributed by atoms with Gasteiger partial charge in [0.1, 0.15) is 12.4 Å². The van der Waals surface area contributed by atoms with E-state index < -0.39 is 65.8 Å². The van der Waals surface area contributed by atoms with E-state index in [0.29, 0.717) is 0 Å². The first-order valence-electron chi connectivity index (χ1n) is 9.04. The Labute approximate surface area is 178 Å². The summed E-state index contributed by atoms with van der Waals surface area (Å²) < 4.78 is 101. The summed E-state index contributed by atoms with van der Waals surface area (Å²) in [6.07, 6.45) is -11.2. The lowest BCUT2D eigenvalue weighted by Gasteiger charge is -2.28. The maximum atomic E-state index is 13.7. The second-order valence-corrected chi connectivity index (χ2v) is 6.83. The number of halogens is 7. The van der Waals surface area contributed by atoms with Crippen LogP contribution in [0, 0.1) is 12.4 Å². The summed E-state index contributed by atoms with van der Waals surface area (Å²) >= 11 is 0. The van der Waals surface area contributed by atoms with Gasteiger partial charge in [-0.05, 0) is 24.6 Å². The fraction of sp³-hybridized carbons (Fsp3) is 0.450. The van der Waals surface area contributed by atoms with Gasteiger partial charge in [0.2, 0.25) is 0 Å². The van der Waals surface area contributed by atoms with E-state index in [4.69, 9.17) is 11.3 Å². The summed E-state index contributed by atoms with van der Waals surface area (Å²) in [5.74, 6) is -4.18. The van der Waals surface area contributed by atoms with E-state index in [9.17, 15) is 35.5 Å². The smallest absolute Gasteiger partial charge is 0.416 e. The Kier molecular flexibility index (Phi) is 7.66. The molecule has 1 aromatic carbocycles. The molecule has 0 radical (unpaired) electrons. The highest BCUT2D eigenvalue weighted by atomic mass is 19.4. The molecule has 5 nitrogen and oxygen atoms in total. The first kappa shape index (κ1) is 25.3. The number of nitrogens with zero attached hydrogens (tertiary/aromatic N) is 2. The van der Waals surface area contributed by atoms with Gasteiger partial charge >= 0.3 is 18.3 Å². The second kappa shape index (κ2) is 9.68. The minimum Gasteiger partial charge on any atom is -0.462 e. The molecule has 0 fully saturated rings. The molecule has 2 rings (SSSR count). The number of carbonyl (C=O) groups excluding carboxylic acids is 1. The third kappa shape index (κ3) is 5.85. The zero-order valence-electron chi connectivity index (χ0n) is 16.8. The Hall–Kier alpha value is -2.94. The first-order valence-corrected chi connectivity index (χ1v) is 9.04. The first-order chi connectivity index (χ1) is 14.8. The second-order valence-electron chi connectivity index (χ2n) is 6.83. The Morgan fingerprint density at radius 1 is 1.22 bits per heavy atom. The summed E-state index contributed by atoms with van der Waals surface area (Å²) in [6.45, 7) is 7.32. The fourth-order valence-corrected chi connectivity index (χ4v) is 3.29. The van der Waals surface area contributed by atoms with Crippen LogP contribution in [-0.2, 0) is 20.4 Å². The summed E-state index contributed by atoms with van der Waals surface area (Å²) in [7, 11) is 1.21. The number of ether oxygens (including phenoxy) is 2. The average molecular weight is 466 g/mol. The maximum Gasteiger partial charge on any atom is 0.416 e. The minimum atomic E-state index is -5.04. The Morgan fingerprint density at radius 3 is 2.41 bits per heavy atom. The van der Waals surface area contributed by atoms with Crippen molar-refractivity contribution in [2.75, 3.05) is 20.3 Å². The monoisotopic (exact) mass is 466 g/mol. The van der Waals surface area contributed by atoms with Crippen LogP contribution in [0.1, 0.15) is 30.4 Å². The molecule has 0 saturated carbocycles. The number of carbonyl (C=O) groups is 1. The zero-order valence-corrected chi connectivity index (χ0v) is 16.8. The molecule has 0 N–H and O–H groups in total. The van der Waals surface area contributed by atoms with Gasteiger partial charge in [-0.15, -0.1) is 0 Å². The van der Waals surface area contributed by atoms with Crippen molar-refractivity contribution in [3.8, 4) is 0 Å². The van der Waals surface area contributed by atoms with Gasteiger partial charge < -0.3 is 14.3 Å². The topological polar surface area (TPSA) is 52.2 Å².